The third-order valence-electron chi connectivity index (χ3n) is 2.93. The van der Waals surface area contributed by atoms with Crippen LogP contribution in [0.5, 0.6) is 0 Å². The van der Waals surface area contributed by atoms with Crippen LogP contribution in [0.1, 0.15) is 21.7 Å². The summed E-state index contributed by atoms with van der Waals surface area (Å²) in [6, 6.07) is 9.42. The molecule has 1 N–H and O–H groups in total. The van der Waals surface area contributed by atoms with Gasteiger partial charge in [0.15, 0.2) is 0 Å². The number of aromatic nitrogens is 2. The maximum Gasteiger partial charge on any atom is 0.407 e. The zero-order chi connectivity index (χ0) is 17.2. The molecule has 0 atom stereocenters. The molecular formula is C17H17N3O4. The van der Waals surface area contributed by atoms with Gasteiger partial charge in [0.1, 0.15) is 6.61 Å². The van der Waals surface area contributed by atoms with Crippen molar-refractivity contribution < 1.29 is 19.1 Å². The molecule has 0 aliphatic rings. The topological polar surface area (TPSA) is 90.4 Å². The summed E-state index contributed by atoms with van der Waals surface area (Å²) in [6.45, 7) is 0.519. The van der Waals surface area contributed by atoms with Crippen LogP contribution in [0.3, 0.4) is 0 Å². The molecule has 0 spiro atoms. The van der Waals surface area contributed by atoms with E-state index < -0.39 is 12.1 Å². The number of carbonyl (C=O) groups is 2. The highest BCUT2D eigenvalue weighted by atomic mass is 16.5. The molecule has 0 saturated heterocycles. The number of hydrogen-bond acceptors (Lipinski definition) is 6. The Hall–Kier alpha value is -3.22. The van der Waals surface area contributed by atoms with E-state index >= 15 is 0 Å². The number of alkyl carbamates (subject to hydrolysis) is 1. The second-order valence-electron chi connectivity index (χ2n) is 4.68. The molecule has 2 aromatic rings. The van der Waals surface area contributed by atoms with Crippen molar-refractivity contribution in [2.24, 2.45) is 0 Å². The van der Waals surface area contributed by atoms with Gasteiger partial charge in [-0.15, -0.1) is 0 Å². The number of amides is 1. The van der Waals surface area contributed by atoms with Crippen LogP contribution in [0.25, 0.3) is 6.08 Å². The normalized spacial score (nSPS) is 10.4. The molecule has 124 valence electrons. The number of nitrogens with one attached hydrogen (secondary N) is 1. The summed E-state index contributed by atoms with van der Waals surface area (Å²) in [5.41, 5.74) is 1.62. The average Bonchev–Trinajstić information content (AvgIpc) is 2.64. The molecule has 1 aromatic carbocycles. The fraction of sp³-hybridized carbons (Fsp3) is 0.176. The molecule has 0 bridgehead atoms. The van der Waals surface area contributed by atoms with E-state index in [-0.39, 0.29) is 12.4 Å². The molecule has 7 nitrogen and oxygen atoms in total. The molecule has 7 heteroatoms. The maximum absolute atomic E-state index is 11.5. The van der Waals surface area contributed by atoms with E-state index in [1.54, 1.807) is 12.2 Å². The van der Waals surface area contributed by atoms with E-state index in [2.05, 4.69) is 20.0 Å². The Morgan fingerprint density at radius 3 is 2.54 bits per heavy atom. The molecule has 0 radical (unpaired) electrons. The van der Waals surface area contributed by atoms with Crippen molar-refractivity contribution in [1.29, 1.82) is 0 Å². The molecule has 0 unspecified atom stereocenters. The van der Waals surface area contributed by atoms with Crippen LogP contribution in [0.4, 0.5) is 4.79 Å². The average molecular weight is 327 g/mol. The first kappa shape index (κ1) is 17.1. The van der Waals surface area contributed by atoms with E-state index in [0.717, 1.165) is 5.56 Å². The van der Waals surface area contributed by atoms with Crippen molar-refractivity contribution >= 4 is 18.1 Å². The van der Waals surface area contributed by atoms with Crippen LogP contribution >= 0.6 is 0 Å². The summed E-state index contributed by atoms with van der Waals surface area (Å²) in [7, 11) is 1.27. The van der Waals surface area contributed by atoms with Crippen molar-refractivity contribution in [3.8, 4) is 0 Å². The fourth-order valence-corrected chi connectivity index (χ4v) is 1.73. The van der Waals surface area contributed by atoms with Crippen LogP contribution in [-0.4, -0.2) is 35.7 Å². The summed E-state index contributed by atoms with van der Waals surface area (Å²) in [4.78, 5) is 30.5. The molecule has 1 heterocycles. The first-order chi connectivity index (χ1) is 11.7. The number of nitrogens with zero attached hydrogens (tertiary/aromatic N) is 2. The Balaban J connectivity index is 1.72. The van der Waals surface area contributed by atoms with Crippen LogP contribution in [0.15, 0.2) is 48.8 Å². The number of benzene rings is 1. The number of ether oxygens (including phenoxy) is 2. The molecule has 0 saturated carbocycles. The van der Waals surface area contributed by atoms with E-state index in [1.807, 2.05) is 30.3 Å². The lowest BCUT2D eigenvalue weighted by molar-refractivity contribution is 0.0586. The van der Waals surface area contributed by atoms with Gasteiger partial charge < -0.3 is 14.8 Å². The predicted octanol–water partition coefficient (Wildman–Crippen LogP) is 2.20. The quantitative estimate of drug-likeness (QED) is 0.818. The lowest BCUT2D eigenvalue weighted by Crippen LogP contribution is -2.24. The van der Waals surface area contributed by atoms with Crippen molar-refractivity contribution in [3.63, 3.8) is 0 Å². The van der Waals surface area contributed by atoms with Gasteiger partial charge in [0.25, 0.3) is 0 Å². The molecule has 0 aliphatic carbocycles. The molecule has 0 aliphatic heterocycles. The largest absolute Gasteiger partial charge is 0.463 e. The molecule has 0 fully saturated rings. The molecule has 1 aromatic heterocycles. The smallest absolute Gasteiger partial charge is 0.407 e. The third-order valence-corrected chi connectivity index (χ3v) is 2.93. The number of methoxy groups -OCH3 is 1. The highest BCUT2D eigenvalue weighted by Gasteiger charge is 2.07. The molecular weight excluding hydrogens is 310 g/mol. The van der Waals surface area contributed by atoms with E-state index in [4.69, 9.17) is 4.74 Å². The summed E-state index contributed by atoms with van der Waals surface area (Å²) >= 11 is 0. The Kier molecular flexibility index (Phi) is 6.46. The number of esters is 1. The summed E-state index contributed by atoms with van der Waals surface area (Å²) in [6.07, 6.45) is 5.92. The van der Waals surface area contributed by atoms with Gasteiger partial charge >= 0.3 is 12.1 Å². The standard InChI is InChI=1S/C17H17N3O4/c1-23-16(21)15-19-10-14(11-20-15)8-5-9-18-17(22)24-12-13-6-3-2-4-7-13/h2-8,10-11H,9,12H2,1H3,(H,18,22). The van der Waals surface area contributed by atoms with E-state index in [1.165, 1.54) is 19.5 Å². The van der Waals surface area contributed by atoms with Gasteiger partial charge in [0.2, 0.25) is 5.82 Å². The molecule has 24 heavy (non-hydrogen) atoms. The number of rotatable bonds is 6. The first-order valence-corrected chi connectivity index (χ1v) is 7.20. The first-order valence-electron chi connectivity index (χ1n) is 7.20. The second kappa shape index (κ2) is 9.04. The minimum Gasteiger partial charge on any atom is -0.463 e. The van der Waals surface area contributed by atoms with E-state index in [9.17, 15) is 9.59 Å². The van der Waals surface area contributed by atoms with Gasteiger partial charge in [-0.1, -0.05) is 42.5 Å². The zero-order valence-electron chi connectivity index (χ0n) is 13.1. The van der Waals surface area contributed by atoms with Crippen molar-refractivity contribution in [2.75, 3.05) is 13.7 Å². The van der Waals surface area contributed by atoms with Gasteiger partial charge in [-0.3, -0.25) is 0 Å². The maximum atomic E-state index is 11.5. The zero-order valence-corrected chi connectivity index (χ0v) is 13.1. The van der Waals surface area contributed by atoms with Crippen LogP contribution in [-0.2, 0) is 16.1 Å². The van der Waals surface area contributed by atoms with Gasteiger partial charge in [0.05, 0.1) is 7.11 Å². The third kappa shape index (κ3) is 5.53. The summed E-state index contributed by atoms with van der Waals surface area (Å²) in [5, 5.41) is 2.60. The Morgan fingerprint density at radius 2 is 1.88 bits per heavy atom. The summed E-state index contributed by atoms with van der Waals surface area (Å²) < 4.78 is 9.59. The van der Waals surface area contributed by atoms with Gasteiger partial charge in [0, 0.05) is 24.5 Å². The minimum absolute atomic E-state index is 0.00253. The fourth-order valence-electron chi connectivity index (χ4n) is 1.73. The predicted molar refractivity (Wildman–Crippen MR) is 87.0 cm³/mol. The Labute approximate surface area is 139 Å². The lowest BCUT2D eigenvalue weighted by atomic mass is 10.2. The van der Waals surface area contributed by atoms with Crippen molar-refractivity contribution in [2.45, 2.75) is 6.61 Å². The lowest BCUT2D eigenvalue weighted by Gasteiger charge is -2.05. The van der Waals surface area contributed by atoms with E-state index in [0.29, 0.717) is 12.1 Å². The monoisotopic (exact) mass is 327 g/mol. The second-order valence-corrected chi connectivity index (χ2v) is 4.68. The van der Waals surface area contributed by atoms with Crippen molar-refractivity contribution in [3.05, 3.63) is 65.8 Å². The summed E-state index contributed by atoms with van der Waals surface area (Å²) in [5.74, 6) is -0.592. The highest BCUT2D eigenvalue weighted by Crippen LogP contribution is 2.01. The van der Waals surface area contributed by atoms with Gasteiger partial charge in [-0.25, -0.2) is 19.6 Å². The molecule has 1 amide bonds. The van der Waals surface area contributed by atoms with Gasteiger partial charge in [-0.05, 0) is 5.56 Å². The van der Waals surface area contributed by atoms with Crippen LogP contribution in [0.2, 0.25) is 0 Å². The Bertz CT molecular complexity index is 700. The van der Waals surface area contributed by atoms with Gasteiger partial charge in [-0.2, -0.15) is 0 Å². The minimum atomic E-state index is -0.589. The highest BCUT2D eigenvalue weighted by molar-refractivity contribution is 5.84. The van der Waals surface area contributed by atoms with Crippen LogP contribution < -0.4 is 5.32 Å². The molecule has 2 rings (SSSR count). The number of carbonyl (C=O) groups excluding carboxylic acids is 2. The van der Waals surface area contributed by atoms with Crippen LogP contribution in [0, 0.1) is 0 Å². The van der Waals surface area contributed by atoms with Crippen molar-refractivity contribution in [1.82, 2.24) is 15.3 Å². The number of hydrogen-bond donors (Lipinski definition) is 1. The Morgan fingerprint density at radius 1 is 1.17 bits per heavy atom. The SMILES string of the molecule is COC(=O)c1ncc(C=CCNC(=O)OCc2ccccc2)cn1.